The minimum absolute atomic E-state index is 0.0871. The van der Waals surface area contributed by atoms with Gasteiger partial charge in [0.05, 0.1) is 14.2 Å². The Morgan fingerprint density at radius 3 is 1.44 bits per heavy atom. The van der Waals surface area contributed by atoms with Crippen LogP contribution in [0.3, 0.4) is 0 Å². The molecule has 0 saturated heterocycles. The number of benzene rings is 1. The first-order chi connectivity index (χ1) is 22.8. The van der Waals surface area contributed by atoms with Crippen LogP contribution in [0.15, 0.2) is 76.0 Å². The first-order valence-corrected chi connectivity index (χ1v) is 18.1. The number of rotatable bonds is 20. The molecule has 0 bridgehead atoms. The van der Waals surface area contributed by atoms with E-state index in [0.717, 1.165) is 75.3 Å². The van der Waals surface area contributed by atoms with Gasteiger partial charge in [-0.15, -0.1) is 0 Å². The predicted octanol–water partition coefficient (Wildman–Crippen LogP) is 13.3. The normalized spacial score (nSPS) is 17.3. The summed E-state index contributed by atoms with van der Waals surface area (Å²) in [6.07, 6.45) is 31.6. The van der Waals surface area contributed by atoms with Crippen molar-refractivity contribution in [2.24, 2.45) is 0 Å². The van der Waals surface area contributed by atoms with Crippen LogP contribution in [-0.2, 0) is 0 Å². The summed E-state index contributed by atoms with van der Waals surface area (Å²) in [6.45, 7) is 19.6. The van der Waals surface area contributed by atoms with Crippen LogP contribution >= 0.6 is 0 Å². The first-order valence-electron chi connectivity index (χ1n) is 18.1. The Balaban J connectivity index is 1.72. The second kappa shape index (κ2) is 20.9. The Morgan fingerprint density at radius 2 is 1.04 bits per heavy atom. The fourth-order valence-electron chi connectivity index (χ4n) is 6.03. The lowest BCUT2D eigenvalue weighted by Gasteiger charge is -2.33. The van der Waals surface area contributed by atoms with Gasteiger partial charge in [0.15, 0.2) is 11.5 Å². The van der Waals surface area contributed by atoms with Gasteiger partial charge in [0.25, 0.3) is 0 Å². The van der Waals surface area contributed by atoms with E-state index in [2.05, 4.69) is 97.9 Å². The van der Waals surface area contributed by atoms with Crippen LogP contribution in [0.2, 0.25) is 0 Å². The number of ether oxygens (including phenoxy) is 3. The fraction of sp³-hybridized carbons (Fsp3) is 0.545. The van der Waals surface area contributed by atoms with Crippen molar-refractivity contribution in [3.63, 3.8) is 0 Å². The molecule has 1 aromatic rings. The molecule has 1 aliphatic rings. The van der Waals surface area contributed by atoms with Gasteiger partial charge in [-0.3, -0.25) is 0 Å². The molecule has 4 heteroatoms. The number of aromatic hydroxyl groups is 1. The summed E-state index contributed by atoms with van der Waals surface area (Å²) < 4.78 is 17.5. The molecule has 1 aromatic carbocycles. The molecule has 0 saturated carbocycles. The summed E-state index contributed by atoms with van der Waals surface area (Å²) in [7, 11) is 3.10. The minimum atomic E-state index is -0.468. The summed E-state index contributed by atoms with van der Waals surface area (Å²) in [4.78, 5) is 0. The lowest BCUT2D eigenvalue weighted by atomic mass is 9.92. The molecule has 1 atom stereocenters. The maximum atomic E-state index is 10.6. The van der Waals surface area contributed by atoms with Gasteiger partial charge >= 0.3 is 0 Å². The highest BCUT2D eigenvalue weighted by Crippen LogP contribution is 2.52. The minimum Gasteiger partial charge on any atom is -0.504 e. The number of hydrogen-bond acceptors (Lipinski definition) is 4. The van der Waals surface area contributed by atoms with E-state index in [4.69, 9.17) is 14.2 Å². The number of hydrogen-bond donors (Lipinski definition) is 1. The standard InChI is InChI=1S/C44H66O4/c1-32(2)18-12-19-33(3)20-13-21-34(4)22-14-23-35(5)24-15-25-36(6)26-16-27-37(7)28-17-30-44(9)31-29-39-38(8)40(45)42(46-10)43(47-11)41(39)48-44/h18,20,22,24,26,28-29,31,45H,12-17,19,21,23,25,27,30H2,1-11H3/b33-20+,34-22+,35-24+,36-26+,37-28+/t44-/m1/s1. The third kappa shape index (κ3) is 14.0. The van der Waals surface area contributed by atoms with E-state index in [1.165, 1.54) is 53.4 Å². The topological polar surface area (TPSA) is 47.9 Å². The lowest BCUT2D eigenvalue weighted by molar-refractivity contribution is 0.122. The van der Waals surface area contributed by atoms with Gasteiger partial charge in [-0.1, -0.05) is 76.0 Å². The second-order valence-electron chi connectivity index (χ2n) is 14.3. The number of phenols is 1. The van der Waals surface area contributed by atoms with E-state index in [1.807, 2.05) is 13.0 Å². The lowest BCUT2D eigenvalue weighted by Crippen LogP contribution is -2.32. The van der Waals surface area contributed by atoms with E-state index >= 15 is 0 Å². The van der Waals surface area contributed by atoms with Crippen molar-refractivity contribution in [1.82, 2.24) is 0 Å². The van der Waals surface area contributed by atoms with Crippen molar-refractivity contribution >= 4 is 6.08 Å². The summed E-state index contributed by atoms with van der Waals surface area (Å²) in [6, 6.07) is 0. The summed E-state index contributed by atoms with van der Waals surface area (Å²) in [5.74, 6) is 1.46. The van der Waals surface area contributed by atoms with Crippen LogP contribution in [-0.4, -0.2) is 24.9 Å². The molecule has 4 nitrogen and oxygen atoms in total. The summed E-state index contributed by atoms with van der Waals surface area (Å²) in [5.41, 5.74) is 9.91. The molecule has 1 N–H and O–H groups in total. The van der Waals surface area contributed by atoms with Crippen molar-refractivity contribution in [3.05, 3.63) is 87.1 Å². The molecule has 0 fully saturated rings. The highest BCUT2D eigenvalue weighted by Gasteiger charge is 2.33. The number of allylic oxidation sites excluding steroid dienone is 12. The van der Waals surface area contributed by atoms with E-state index in [0.29, 0.717) is 17.2 Å². The highest BCUT2D eigenvalue weighted by molar-refractivity contribution is 5.76. The molecule has 266 valence electrons. The number of phenolic OH excluding ortho intramolecular Hbond substituents is 1. The third-order valence-corrected chi connectivity index (χ3v) is 9.33. The largest absolute Gasteiger partial charge is 0.504 e. The van der Waals surface area contributed by atoms with Crippen LogP contribution in [0.1, 0.15) is 144 Å². The molecule has 1 aliphatic heterocycles. The first kappa shape index (κ1) is 40.8. The van der Waals surface area contributed by atoms with Crippen LogP contribution in [0, 0.1) is 6.92 Å². The molecule has 1 heterocycles. The highest BCUT2D eigenvalue weighted by atomic mass is 16.5. The van der Waals surface area contributed by atoms with E-state index in [1.54, 1.807) is 7.11 Å². The molecule has 0 amide bonds. The van der Waals surface area contributed by atoms with Crippen molar-refractivity contribution in [1.29, 1.82) is 0 Å². The van der Waals surface area contributed by atoms with Gasteiger partial charge in [0.1, 0.15) is 5.60 Å². The summed E-state index contributed by atoms with van der Waals surface area (Å²) in [5, 5.41) is 10.6. The van der Waals surface area contributed by atoms with Crippen molar-refractivity contribution in [2.75, 3.05) is 14.2 Å². The van der Waals surface area contributed by atoms with Gasteiger partial charge in [-0.2, -0.15) is 0 Å². The van der Waals surface area contributed by atoms with Crippen LogP contribution in [0.5, 0.6) is 23.0 Å². The zero-order valence-electron chi connectivity index (χ0n) is 32.3. The number of fused-ring (bicyclic) bond motifs is 1. The van der Waals surface area contributed by atoms with Crippen LogP contribution in [0.25, 0.3) is 6.08 Å². The van der Waals surface area contributed by atoms with Crippen molar-refractivity contribution < 1.29 is 19.3 Å². The molecule has 48 heavy (non-hydrogen) atoms. The average molecular weight is 659 g/mol. The predicted molar refractivity (Wildman–Crippen MR) is 208 cm³/mol. The van der Waals surface area contributed by atoms with Gasteiger partial charge in [-0.05, 0) is 145 Å². The molecule has 0 unspecified atom stereocenters. The molecule has 0 radical (unpaired) electrons. The average Bonchev–Trinajstić information content (AvgIpc) is 3.02. The fourth-order valence-corrected chi connectivity index (χ4v) is 6.03. The van der Waals surface area contributed by atoms with Gasteiger partial charge in [0, 0.05) is 11.1 Å². The molecule has 0 aromatic heterocycles. The Labute approximate surface area is 294 Å². The van der Waals surface area contributed by atoms with E-state index in [-0.39, 0.29) is 5.75 Å². The maximum absolute atomic E-state index is 10.6. The molecule has 0 spiro atoms. The smallest absolute Gasteiger partial charge is 0.207 e. The molecular weight excluding hydrogens is 592 g/mol. The van der Waals surface area contributed by atoms with Gasteiger partial charge in [-0.25, -0.2) is 0 Å². The van der Waals surface area contributed by atoms with Crippen molar-refractivity contribution in [2.45, 2.75) is 145 Å². The zero-order chi connectivity index (χ0) is 35.7. The quantitative estimate of drug-likeness (QED) is 0.142. The monoisotopic (exact) mass is 658 g/mol. The van der Waals surface area contributed by atoms with Gasteiger partial charge in [0.2, 0.25) is 11.5 Å². The van der Waals surface area contributed by atoms with Gasteiger partial charge < -0.3 is 19.3 Å². The number of methoxy groups -OCH3 is 2. The van der Waals surface area contributed by atoms with Crippen molar-refractivity contribution in [3.8, 4) is 23.0 Å². The SMILES string of the molecule is COc1c(O)c(C)c2c(c1OC)O[C@](C)(CC/C=C(\C)CC/C=C(\C)CC/C=C(\C)CC/C=C(\C)CC/C=C(\C)CCC=C(C)C)C=C2. The Hall–Kier alpha value is -3.40. The second-order valence-corrected chi connectivity index (χ2v) is 14.3. The Morgan fingerprint density at radius 1 is 0.646 bits per heavy atom. The summed E-state index contributed by atoms with van der Waals surface area (Å²) >= 11 is 0. The van der Waals surface area contributed by atoms with Crippen LogP contribution in [0.4, 0.5) is 0 Å². The van der Waals surface area contributed by atoms with E-state index in [9.17, 15) is 5.11 Å². The molecular formula is C44H66O4. The van der Waals surface area contributed by atoms with E-state index < -0.39 is 5.60 Å². The maximum Gasteiger partial charge on any atom is 0.207 e. The third-order valence-electron chi connectivity index (χ3n) is 9.33. The van der Waals surface area contributed by atoms with Crippen LogP contribution < -0.4 is 14.2 Å². The molecule has 0 aliphatic carbocycles. The Bertz CT molecular complexity index is 1410. The Kier molecular flexibility index (Phi) is 17.7. The molecule has 2 rings (SSSR count). The zero-order valence-corrected chi connectivity index (χ0v) is 32.3.